The van der Waals surface area contributed by atoms with Crippen LogP contribution in [0.5, 0.6) is 0 Å². The predicted octanol–water partition coefficient (Wildman–Crippen LogP) is 4.90. The highest BCUT2D eigenvalue weighted by molar-refractivity contribution is 7.10. The molecular weight excluding hydrogens is 460 g/mol. The average Bonchev–Trinajstić information content (AvgIpc) is 3.56. The molecule has 0 unspecified atom stereocenters. The van der Waals surface area contributed by atoms with Crippen LogP contribution in [0.3, 0.4) is 0 Å². The Morgan fingerprint density at radius 3 is 2.66 bits per heavy atom. The summed E-state index contributed by atoms with van der Waals surface area (Å²) >= 11 is 1.57. The largest absolute Gasteiger partial charge is 0.459 e. The Kier molecular flexibility index (Phi) is 6.80. The number of hydrogen-bond acceptors (Lipinski definition) is 7. The molecule has 0 amide bonds. The van der Waals surface area contributed by atoms with E-state index in [9.17, 15) is 9.59 Å². The van der Waals surface area contributed by atoms with Gasteiger partial charge < -0.3 is 19.7 Å². The van der Waals surface area contributed by atoms with Crippen molar-refractivity contribution in [1.29, 1.82) is 0 Å². The zero-order chi connectivity index (χ0) is 24.5. The van der Waals surface area contributed by atoms with E-state index in [1.807, 2.05) is 38.5 Å². The fraction of sp³-hybridized carbons (Fsp3) is 0.429. The molecule has 2 aromatic rings. The smallest absolute Gasteiger partial charge is 0.336 e. The SMILES string of the molecule is CC1=C(C(=O)OC[C@H]2CCCO2)[C@@H](c2cccs2)C2=C(C[C@@H](c3ccc(N(C)C)cc3)CC2=O)N1. The van der Waals surface area contributed by atoms with E-state index in [0.717, 1.165) is 46.8 Å². The summed E-state index contributed by atoms with van der Waals surface area (Å²) in [7, 11) is 4.04. The normalized spacial score (nSPS) is 24.3. The molecule has 3 atom stereocenters. The molecule has 5 rings (SSSR count). The van der Waals surface area contributed by atoms with Crippen molar-refractivity contribution in [2.75, 3.05) is 32.2 Å². The number of dihydropyridines is 1. The molecule has 0 spiro atoms. The number of thiophene rings is 1. The number of rotatable bonds is 6. The number of nitrogens with zero attached hydrogens (tertiary/aromatic N) is 1. The van der Waals surface area contributed by atoms with E-state index in [-0.39, 0.29) is 30.4 Å². The fourth-order valence-electron chi connectivity index (χ4n) is 5.35. The lowest BCUT2D eigenvalue weighted by Gasteiger charge is -2.36. The third kappa shape index (κ3) is 4.80. The van der Waals surface area contributed by atoms with Gasteiger partial charge in [-0.1, -0.05) is 18.2 Å². The number of nitrogens with one attached hydrogen (secondary N) is 1. The Hall–Kier alpha value is -2.90. The zero-order valence-electron chi connectivity index (χ0n) is 20.5. The van der Waals surface area contributed by atoms with Crippen LogP contribution in [-0.4, -0.2) is 45.2 Å². The summed E-state index contributed by atoms with van der Waals surface area (Å²) in [5.41, 5.74) is 5.22. The summed E-state index contributed by atoms with van der Waals surface area (Å²) in [6.45, 7) is 2.87. The highest BCUT2D eigenvalue weighted by atomic mass is 32.1. The second-order valence-electron chi connectivity index (χ2n) is 9.75. The first-order valence-corrected chi connectivity index (χ1v) is 13.1. The number of esters is 1. The molecule has 1 aromatic carbocycles. The van der Waals surface area contributed by atoms with E-state index in [0.29, 0.717) is 24.2 Å². The molecule has 1 saturated heterocycles. The summed E-state index contributed by atoms with van der Waals surface area (Å²) in [5.74, 6) is -0.567. The summed E-state index contributed by atoms with van der Waals surface area (Å²) < 4.78 is 11.3. The summed E-state index contributed by atoms with van der Waals surface area (Å²) in [5, 5.41) is 5.42. The number of anilines is 1. The number of ether oxygens (including phenoxy) is 2. The van der Waals surface area contributed by atoms with E-state index >= 15 is 0 Å². The van der Waals surface area contributed by atoms with Gasteiger partial charge in [0.05, 0.1) is 17.6 Å². The van der Waals surface area contributed by atoms with Crippen LogP contribution in [0.4, 0.5) is 5.69 Å². The molecule has 1 fully saturated rings. The minimum absolute atomic E-state index is 0.0395. The standard InChI is InChI=1S/C28H32N2O4S/c1-17-25(28(32)34-16-21-6-4-12-33-21)27(24-7-5-13-35-24)26-22(29-17)14-19(15-23(26)31)18-8-10-20(11-9-18)30(2)3/h5,7-11,13,19,21,27,29H,4,6,12,14-16H2,1-3H3/t19-,21-,27-/m1/s1. The Morgan fingerprint density at radius 1 is 1.20 bits per heavy atom. The van der Waals surface area contributed by atoms with Gasteiger partial charge in [-0.2, -0.15) is 0 Å². The lowest BCUT2D eigenvalue weighted by Crippen LogP contribution is -2.36. The van der Waals surface area contributed by atoms with Gasteiger partial charge in [-0.3, -0.25) is 4.79 Å². The summed E-state index contributed by atoms with van der Waals surface area (Å²) in [6, 6.07) is 12.4. The average molecular weight is 493 g/mol. The maximum Gasteiger partial charge on any atom is 0.336 e. The van der Waals surface area contributed by atoms with E-state index < -0.39 is 5.92 Å². The van der Waals surface area contributed by atoms with Gasteiger partial charge >= 0.3 is 5.97 Å². The Bertz CT molecular complexity index is 1160. The zero-order valence-corrected chi connectivity index (χ0v) is 21.3. The van der Waals surface area contributed by atoms with Crippen molar-refractivity contribution < 1.29 is 19.1 Å². The molecule has 0 radical (unpaired) electrons. The molecule has 35 heavy (non-hydrogen) atoms. The van der Waals surface area contributed by atoms with Crippen LogP contribution in [0, 0.1) is 0 Å². The van der Waals surface area contributed by atoms with E-state index in [4.69, 9.17) is 9.47 Å². The Balaban J connectivity index is 1.43. The van der Waals surface area contributed by atoms with E-state index in [1.165, 1.54) is 0 Å². The number of carbonyl (C=O) groups is 2. The first kappa shape index (κ1) is 23.8. The van der Waals surface area contributed by atoms with Crippen LogP contribution in [-0.2, 0) is 19.1 Å². The van der Waals surface area contributed by atoms with Gasteiger partial charge in [0.2, 0.25) is 0 Å². The van der Waals surface area contributed by atoms with Crippen LogP contribution < -0.4 is 10.2 Å². The maximum atomic E-state index is 13.6. The second-order valence-corrected chi connectivity index (χ2v) is 10.7. The summed E-state index contributed by atoms with van der Waals surface area (Å²) in [4.78, 5) is 30.0. The van der Waals surface area contributed by atoms with Gasteiger partial charge in [-0.15, -0.1) is 11.3 Å². The van der Waals surface area contributed by atoms with Crippen LogP contribution in [0.1, 0.15) is 54.9 Å². The first-order chi connectivity index (χ1) is 16.9. The van der Waals surface area contributed by atoms with Crippen molar-refractivity contribution in [3.05, 3.63) is 74.8 Å². The number of ketones is 1. The molecular formula is C28H32N2O4S. The quantitative estimate of drug-likeness (QED) is 0.579. The minimum Gasteiger partial charge on any atom is -0.459 e. The number of allylic oxidation sites excluding steroid dienone is 3. The van der Waals surface area contributed by atoms with Crippen molar-refractivity contribution in [2.24, 2.45) is 0 Å². The van der Waals surface area contributed by atoms with E-state index in [2.05, 4.69) is 34.5 Å². The van der Waals surface area contributed by atoms with Crippen molar-refractivity contribution in [1.82, 2.24) is 5.32 Å². The van der Waals surface area contributed by atoms with Gasteiger partial charge in [0.25, 0.3) is 0 Å². The van der Waals surface area contributed by atoms with Crippen LogP contribution in [0.25, 0.3) is 0 Å². The van der Waals surface area contributed by atoms with Crippen LogP contribution >= 0.6 is 11.3 Å². The summed E-state index contributed by atoms with van der Waals surface area (Å²) in [6.07, 6.45) is 3.03. The molecule has 1 N–H and O–H groups in total. The van der Waals surface area contributed by atoms with Crippen LogP contribution in [0.2, 0.25) is 0 Å². The Labute approximate surface area is 210 Å². The topological polar surface area (TPSA) is 67.9 Å². The monoisotopic (exact) mass is 492 g/mol. The fourth-order valence-corrected chi connectivity index (χ4v) is 6.20. The third-order valence-corrected chi connectivity index (χ3v) is 8.12. The molecule has 3 heterocycles. The molecule has 0 bridgehead atoms. The lowest BCUT2D eigenvalue weighted by atomic mass is 9.73. The predicted molar refractivity (Wildman–Crippen MR) is 138 cm³/mol. The Morgan fingerprint density at radius 2 is 2.00 bits per heavy atom. The van der Waals surface area contributed by atoms with Crippen LogP contribution in [0.15, 0.2) is 64.3 Å². The third-order valence-electron chi connectivity index (χ3n) is 7.18. The highest BCUT2D eigenvalue weighted by Gasteiger charge is 2.42. The molecule has 1 aliphatic carbocycles. The van der Waals surface area contributed by atoms with Crippen molar-refractivity contribution in [3.8, 4) is 0 Å². The second kappa shape index (κ2) is 9.99. The van der Waals surface area contributed by atoms with Gasteiger partial charge in [0.15, 0.2) is 5.78 Å². The van der Waals surface area contributed by atoms with Crippen molar-refractivity contribution in [3.63, 3.8) is 0 Å². The van der Waals surface area contributed by atoms with Gasteiger partial charge in [-0.05, 0) is 61.2 Å². The molecule has 2 aliphatic heterocycles. The van der Waals surface area contributed by atoms with Gasteiger partial charge in [0, 0.05) is 54.7 Å². The van der Waals surface area contributed by atoms with Gasteiger partial charge in [-0.25, -0.2) is 4.79 Å². The lowest BCUT2D eigenvalue weighted by molar-refractivity contribution is -0.142. The first-order valence-electron chi connectivity index (χ1n) is 12.3. The molecule has 184 valence electrons. The number of benzene rings is 1. The number of carbonyl (C=O) groups excluding carboxylic acids is 2. The van der Waals surface area contributed by atoms with Crippen molar-refractivity contribution >= 4 is 28.8 Å². The molecule has 6 nitrogen and oxygen atoms in total. The maximum absolute atomic E-state index is 13.6. The molecule has 3 aliphatic rings. The molecule has 0 saturated carbocycles. The highest BCUT2D eigenvalue weighted by Crippen LogP contribution is 2.46. The van der Waals surface area contributed by atoms with E-state index in [1.54, 1.807) is 11.3 Å². The molecule has 7 heteroatoms. The van der Waals surface area contributed by atoms with Gasteiger partial charge in [0.1, 0.15) is 6.61 Å². The molecule has 1 aromatic heterocycles. The number of hydrogen-bond donors (Lipinski definition) is 1. The minimum atomic E-state index is -0.396. The van der Waals surface area contributed by atoms with Crippen molar-refractivity contribution in [2.45, 2.75) is 50.5 Å². The number of Topliss-reactive ketones (excluding diaryl/α,β-unsaturated/α-hetero) is 1.